The summed E-state index contributed by atoms with van der Waals surface area (Å²) in [6, 6.07) is 1.55. The maximum atomic E-state index is 14.7. The van der Waals surface area contributed by atoms with Crippen molar-refractivity contribution >= 4 is 11.9 Å². The van der Waals surface area contributed by atoms with Gasteiger partial charge in [-0.1, -0.05) is 0 Å². The first-order valence-electron chi connectivity index (χ1n) is 10.2. The van der Waals surface area contributed by atoms with Crippen LogP contribution in [-0.2, 0) is 20.6 Å². The molecule has 7 nitrogen and oxygen atoms in total. The lowest BCUT2D eigenvalue weighted by atomic mass is 10.1. The molecule has 0 N–H and O–H groups in total. The largest absolute Gasteiger partial charge is 0.444 e. The van der Waals surface area contributed by atoms with E-state index in [4.69, 9.17) is 14.2 Å². The molecular formula is C21H32FN3O4. The van der Waals surface area contributed by atoms with Gasteiger partial charge in [0.15, 0.2) is 17.4 Å². The highest BCUT2D eigenvalue weighted by molar-refractivity contribution is 5.68. The van der Waals surface area contributed by atoms with Gasteiger partial charge in [0.1, 0.15) is 5.60 Å². The van der Waals surface area contributed by atoms with Crippen LogP contribution in [0, 0.1) is 5.82 Å². The van der Waals surface area contributed by atoms with Crippen LogP contribution in [0.5, 0.6) is 0 Å². The first kappa shape index (κ1) is 21.8. The first-order chi connectivity index (χ1) is 13.5. The van der Waals surface area contributed by atoms with Crippen LogP contribution in [-0.4, -0.2) is 66.3 Å². The predicted octanol–water partition coefficient (Wildman–Crippen LogP) is 3.36. The number of aromatic nitrogens is 1. The van der Waals surface area contributed by atoms with Crippen LogP contribution >= 0.6 is 0 Å². The standard InChI is InChI=1S/C21H32FN3O4/c1-20(2,3)29-19(26)25-10-8-24(9-11-25)18-17(22)12-15(13-23-18)6-7-16-14-27-21(4,5)28-16/h12-13,16H,6-11,14H2,1-5H3/t16-/m0/s1. The van der Waals surface area contributed by atoms with E-state index in [2.05, 4.69) is 4.98 Å². The number of hydrogen-bond acceptors (Lipinski definition) is 6. The van der Waals surface area contributed by atoms with Crippen molar-refractivity contribution in [1.82, 2.24) is 9.88 Å². The highest BCUT2D eigenvalue weighted by atomic mass is 19.1. The zero-order chi connectivity index (χ0) is 21.2. The minimum absolute atomic E-state index is 0.0219. The summed E-state index contributed by atoms with van der Waals surface area (Å²) in [5, 5.41) is 0. The molecule has 2 fully saturated rings. The minimum atomic E-state index is -0.542. The van der Waals surface area contributed by atoms with Crippen molar-refractivity contribution in [3.05, 3.63) is 23.6 Å². The monoisotopic (exact) mass is 409 g/mol. The molecule has 0 unspecified atom stereocenters. The molecule has 1 aromatic rings. The van der Waals surface area contributed by atoms with E-state index in [1.807, 2.05) is 39.5 Å². The van der Waals surface area contributed by atoms with Crippen LogP contribution < -0.4 is 4.90 Å². The summed E-state index contributed by atoms with van der Waals surface area (Å²) < 4.78 is 31.4. The van der Waals surface area contributed by atoms with Crippen molar-refractivity contribution < 1.29 is 23.4 Å². The molecule has 2 aliphatic rings. The van der Waals surface area contributed by atoms with Crippen molar-refractivity contribution in [2.45, 2.75) is 65.0 Å². The van der Waals surface area contributed by atoms with Crippen LogP contribution in [0.3, 0.4) is 0 Å². The highest BCUT2D eigenvalue weighted by Crippen LogP contribution is 2.26. The summed E-state index contributed by atoms with van der Waals surface area (Å²) >= 11 is 0. The van der Waals surface area contributed by atoms with Crippen molar-refractivity contribution in [3.8, 4) is 0 Å². The van der Waals surface area contributed by atoms with Gasteiger partial charge in [-0.3, -0.25) is 0 Å². The van der Waals surface area contributed by atoms with E-state index < -0.39 is 11.4 Å². The average Bonchev–Trinajstić information content (AvgIpc) is 2.98. The second-order valence-electron chi connectivity index (χ2n) is 9.09. The third-order valence-electron chi connectivity index (χ3n) is 4.93. The number of amides is 1. The number of anilines is 1. The average molecular weight is 410 g/mol. The number of aryl methyl sites for hydroxylation is 1. The molecule has 0 bridgehead atoms. The fourth-order valence-electron chi connectivity index (χ4n) is 3.50. The van der Waals surface area contributed by atoms with Gasteiger partial charge in [-0.15, -0.1) is 0 Å². The fraction of sp³-hybridized carbons (Fsp3) is 0.714. The molecule has 1 atom stereocenters. The molecule has 29 heavy (non-hydrogen) atoms. The Bertz CT molecular complexity index is 727. The van der Waals surface area contributed by atoms with Crippen LogP contribution in [0.4, 0.5) is 15.0 Å². The third-order valence-corrected chi connectivity index (χ3v) is 4.93. The normalized spacial score (nSPS) is 22.1. The van der Waals surface area contributed by atoms with Gasteiger partial charge >= 0.3 is 6.09 Å². The van der Waals surface area contributed by atoms with E-state index in [0.29, 0.717) is 45.0 Å². The first-order valence-corrected chi connectivity index (χ1v) is 10.2. The molecule has 0 aliphatic carbocycles. The Morgan fingerprint density at radius 1 is 1.31 bits per heavy atom. The summed E-state index contributed by atoms with van der Waals surface area (Å²) in [5.41, 5.74) is 0.315. The molecule has 2 saturated heterocycles. The van der Waals surface area contributed by atoms with Gasteiger partial charge in [0.2, 0.25) is 0 Å². The van der Waals surface area contributed by atoms with E-state index in [9.17, 15) is 9.18 Å². The van der Waals surface area contributed by atoms with E-state index in [1.54, 1.807) is 17.2 Å². The Kier molecular flexibility index (Phi) is 6.33. The Hall–Kier alpha value is -1.93. The number of carbonyl (C=O) groups is 1. The van der Waals surface area contributed by atoms with Gasteiger partial charge in [-0.25, -0.2) is 14.2 Å². The Balaban J connectivity index is 1.51. The summed E-state index contributed by atoms with van der Waals surface area (Å²) in [7, 11) is 0. The fourth-order valence-corrected chi connectivity index (χ4v) is 3.50. The quantitative estimate of drug-likeness (QED) is 0.760. The van der Waals surface area contributed by atoms with E-state index in [-0.39, 0.29) is 18.0 Å². The molecule has 1 amide bonds. The molecule has 8 heteroatoms. The van der Waals surface area contributed by atoms with Gasteiger partial charge in [0.25, 0.3) is 0 Å². The van der Waals surface area contributed by atoms with Gasteiger partial charge in [-0.2, -0.15) is 0 Å². The van der Waals surface area contributed by atoms with E-state index in [0.717, 1.165) is 12.0 Å². The second-order valence-corrected chi connectivity index (χ2v) is 9.09. The van der Waals surface area contributed by atoms with Crippen LogP contribution in [0.15, 0.2) is 12.3 Å². The Morgan fingerprint density at radius 3 is 2.55 bits per heavy atom. The molecule has 3 heterocycles. The Morgan fingerprint density at radius 2 is 2.00 bits per heavy atom. The van der Waals surface area contributed by atoms with Crippen molar-refractivity contribution in [1.29, 1.82) is 0 Å². The lowest BCUT2D eigenvalue weighted by Gasteiger charge is -2.36. The van der Waals surface area contributed by atoms with E-state index in [1.165, 1.54) is 0 Å². The molecule has 0 aromatic carbocycles. The van der Waals surface area contributed by atoms with Crippen molar-refractivity contribution in [3.63, 3.8) is 0 Å². The van der Waals surface area contributed by atoms with Gasteiger partial charge in [0, 0.05) is 32.4 Å². The number of nitrogens with zero attached hydrogens (tertiary/aromatic N) is 3. The van der Waals surface area contributed by atoms with Crippen molar-refractivity contribution in [2.24, 2.45) is 0 Å². The minimum Gasteiger partial charge on any atom is -0.444 e. The second kappa shape index (κ2) is 8.44. The summed E-state index contributed by atoms with van der Waals surface area (Å²) in [4.78, 5) is 20.0. The zero-order valence-electron chi connectivity index (χ0n) is 18.0. The Labute approximate surface area is 172 Å². The number of rotatable bonds is 4. The molecule has 0 radical (unpaired) electrons. The van der Waals surface area contributed by atoms with Gasteiger partial charge < -0.3 is 24.0 Å². The predicted molar refractivity (Wildman–Crippen MR) is 107 cm³/mol. The smallest absolute Gasteiger partial charge is 0.410 e. The summed E-state index contributed by atoms with van der Waals surface area (Å²) in [6.45, 7) is 11.9. The highest BCUT2D eigenvalue weighted by Gasteiger charge is 2.32. The van der Waals surface area contributed by atoms with Crippen molar-refractivity contribution in [2.75, 3.05) is 37.7 Å². The molecule has 0 spiro atoms. The number of piperazine rings is 1. The molecular weight excluding hydrogens is 377 g/mol. The number of ether oxygens (including phenoxy) is 3. The maximum Gasteiger partial charge on any atom is 0.410 e. The van der Waals surface area contributed by atoms with Crippen LogP contribution in [0.2, 0.25) is 0 Å². The molecule has 3 rings (SSSR count). The molecule has 1 aromatic heterocycles. The number of halogens is 1. The summed E-state index contributed by atoms with van der Waals surface area (Å²) in [5.74, 6) is -0.546. The van der Waals surface area contributed by atoms with Crippen LogP contribution in [0.1, 0.15) is 46.6 Å². The van der Waals surface area contributed by atoms with E-state index >= 15 is 0 Å². The molecule has 162 valence electrons. The third kappa shape index (κ3) is 6.02. The van der Waals surface area contributed by atoms with Gasteiger partial charge in [-0.05, 0) is 59.1 Å². The SMILES string of the molecule is CC(C)(C)OC(=O)N1CCN(c2ncc(CC[C@H]3COC(C)(C)O3)cc2F)CC1. The lowest BCUT2D eigenvalue weighted by Crippen LogP contribution is -2.50. The lowest BCUT2D eigenvalue weighted by molar-refractivity contribution is -0.138. The topological polar surface area (TPSA) is 64.1 Å². The number of carbonyl (C=O) groups excluding carboxylic acids is 1. The number of pyridine rings is 1. The molecule has 2 aliphatic heterocycles. The zero-order valence-corrected chi connectivity index (χ0v) is 18.0. The number of hydrogen-bond donors (Lipinski definition) is 0. The molecule has 0 saturated carbocycles. The van der Waals surface area contributed by atoms with Crippen LogP contribution in [0.25, 0.3) is 0 Å². The summed E-state index contributed by atoms with van der Waals surface area (Å²) in [6.07, 6.45) is 2.86. The maximum absolute atomic E-state index is 14.7. The van der Waals surface area contributed by atoms with Gasteiger partial charge in [0.05, 0.1) is 12.7 Å².